The zero-order chi connectivity index (χ0) is 14.2. The third-order valence-corrected chi connectivity index (χ3v) is 6.14. The Bertz CT molecular complexity index is 688. The van der Waals surface area contributed by atoms with Crippen molar-refractivity contribution in [2.45, 2.75) is 32.3 Å². The molecule has 1 unspecified atom stereocenters. The van der Waals surface area contributed by atoms with Gasteiger partial charge in [0.05, 0.1) is 0 Å². The van der Waals surface area contributed by atoms with Crippen LogP contribution in [0.25, 0.3) is 10.1 Å². The topological polar surface area (TPSA) is 20.2 Å². The van der Waals surface area contributed by atoms with Crippen LogP contribution in [0, 0.1) is 0 Å². The number of thiophene rings is 2. The Labute approximate surface area is 127 Å². The molecule has 1 aromatic carbocycles. The van der Waals surface area contributed by atoms with Crippen LogP contribution in [0.15, 0.2) is 42.5 Å². The maximum absolute atomic E-state index is 10.8. The molecule has 0 aliphatic carbocycles. The molecule has 0 bridgehead atoms. The van der Waals surface area contributed by atoms with Gasteiger partial charge in [-0.1, -0.05) is 25.1 Å². The van der Waals surface area contributed by atoms with E-state index in [0.29, 0.717) is 6.42 Å². The predicted molar refractivity (Wildman–Crippen MR) is 88.8 cm³/mol. The molecule has 104 valence electrons. The van der Waals surface area contributed by atoms with E-state index in [1.165, 1.54) is 19.8 Å². The maximum Gasteiger partial charge on any atom is 0.101 e. The average Bonchev–Trinajstić information content (AvgIpc) is 3.04. The van der Waals surface area contributed by atoms with Gasteiger partial charge in [0, 0.05) is 25.8 Å². The zero-order valence-electron chi connectivity index (χ0n) is 11.7. The minimum atomic E-state index is -0.792. The van der Waals surface area contributed by atoms with Crippen LogP contribution in [-0.4, -0.2) is 5.11 Å². The van der Waals surface area contributed by atoms with Crippen LogP contribution in [0.4, 0.5) is 0 Å². The lowest BCUT2D eigenvalue weighted by atomic mass is 9.99. The number of benzene rings is 1. The highest BCUT2D eigenvalue weighted by Crippen LogP contribution is 2.36. The predicted octanol–water partition coefficient (Wildman–Crippen LogP) is 4.98. The van der Waals surface area contributed by atoms with Crippen molar-refractivity contribution < 1.29 is 5.11 Å². The summed E-state index contributed by atoms with van der Waals surface area (Å²) in [4.78, 5) is 3.68. The highest BCUT2D eigenvalue weighted by Gasteiger charge is 2.26. The normalized spacial score (nSPS) is 14.6. The van der Waals surface area contributed by atoms with E-state index < -0.39 is 5.60 Å². The molecular formula is C17H18OS2. The van der Waals surface area contributed by atoms with Gasteiger partial charge in [-0.2, -0.15) is 0 Å². The van der Waals surface area contributed by atoms with Gasteiger partial charge in [-0.3, -0.25) is 0 Å². The molecule has 0 aliphatic rings. The van der Waals surface area contributed by atoms with E-state index in [1.807, 2.05) is 19.1 Å². The van der Waals surface area contributed by atoms with Crippen LogP contribution < -0.4 is 0 Å². The van der Waals surface area contributed by atoms with Gasteiger partial charge in [0.15, 0.2) is 0 Å². The summed E-state index contributed by atoms with van der Waals surface area (Å²) >= 11 is 3.50. The van der Waals surface area contributed by atoms with E-state index in [-0.39, 0.29) is 0 Å². The number of rotatable bonds is 4. The third-order valence-electron chi connectivity index (χ3n) is 3.54. The monoisotopic (exact) mass is 302 g/mol. The van der Waals surface area contributed by atoms with Crippen molar-refractivity contribution in [3.63, 3.8) is 0 Å². The largest absolute Gasteiger partial charge is 0.384 e. The molecule has 3 rings (SSSR count). The first-order valence-electron chi connectivity index (χ1n) is 6.87. The third kappa shape index (κ3) is 2.66. The molecule has 0 saturated carbocycles. The van der Waals surface area contributed by atoms with Gasteiger partial charge in [0.2, 0.25) is 0 Å². The molecule has 0 fully saturated rings. The van der Waals surface area contributed by atoms with Crippen LogP contribution in [0.2, 0.25) is 0 Å². The van der Waals surface area contributed by atoms with Crippen molar-refractivity contribution in [3.05, 3.63) is 57.1 Å². The van der Waals surface area contributed by atoms with E-state index in [9.17, 15) is 5.11 Å². The van der Waals surface area contributed by atoms with Gasteiger partial charge in [-0.05, 0) is 43.0 Å². The molecule has 1 atom stereocenters. The maximum atomic E-state index is 10.8. The molecule has 0 spiro atoms. The second-order valence-corrected chi connectivity index (χ2v) is 7.66. The van der Waals surface area contributed by atoms with Gasteiger partial charge >= 0.3 is 0 Å². The van der Waals surface area contributed by atoms with E-state index in [0.717, 1.165) is 11.3 Å². The summed E-state index contributed by atoms with van der Waals surface area (Å²) in [7, 11) is 0. The molecule has 0 radical (unpaired) electrons. The summed E-state index contributed by atoms with van der Waals surface area (Å²) in [6, 6.07) is 14.7. The van der Waals surface area contributed by atoms with Crippen LogP contribution in [0.1, 0.15) is 28.5 Å². The van der Waals surface area contributed by atoms with Gasteiger partial charge in [-0.25, -0.2) is 0 Å². The summed E-state index contributed by atoms with van der Waals surface area (Å²) in [5, 5.41) is 12.1. The molecule has 0 amide bonds. The SMILES string of the molecule is CCc1ccc(CC(C)(O)c2cc3ccccc3s2)s1. The fourth-order valence-corrected chi connectivity index (χ4v) is 4.59. The van der Waals surface area contributed by atoms with E-state index in [2.05, 4.69) is 37.3 Å². The Kier molecular flexibility index (Phi) is 3.67. The smallest absolute Gasteiger partial charge is 0.101 e. The van der Waals surface area contributed by atoms with Gasteiger partial charge in [0.1, 0.15) is 5.60 Å². The zero-order valence-corrected chi connectivity index (χ0v) is 13.4. The lowest BCUT2D eigenvalue weighted by molar-refractivity contribution is 0.0624. The van der Waals surface area contributed by atoms with Crippen LogP contribution >= 0.6 is 22.7 Å². The fraction of sp³-hybridized carbons (Fsp3) is 0.294. The Morgan fingerprint density at radius 1 is 1.05 bits per heavy atom. The Morgan fingerprint density at radius 2 is 1.80 bits per heavy atom. The molecule has 1 N–H and O–H groups in total. The Hall–Kier alpha value is -1.16. The summed E-state index contributed by atoms with van der Waals surface area (Å²) in [5.41, 5.74) is -0.792. The summed E-state index contributed by atoms with van der Waals surface area (Å²) in [6.07, 6.45) is 1.75. The number of hydrogen-bond donors (Lipinski definition) is 1. The first-order valence-corrected chi connectivity index (χ1v) is 8.51. The molecule has 3 aromatic rings. The highest BCUT2D eigenvalue weighted by molar-refractivity contribution is 7.19. The molecule has 0 saturated heterocycles. The standard InChI is InChI=1S/C17H18OS2/c1-3-13-8-9-14(19-13)11-17(2,18)16-10-12-6-4-5-7-15(12)20-16/h4-10,18H,3,11H2,1-2H3. The van der Waals surface area contributed by atoms with Crippen LogP contribution in [0.3, 0.4) is 0 Å². The summed E-state index contributed by atoms with van der Waals surface area (Å²) in [5.74, 6) is 0. The van der Waals surface area contributed by atoms with E-state index >= 15 is 0 Å². The van der Waals surface area contributed by atoms with Crippen molar-refractivity contribution in [1.82, 2.24) is 0 Å². The molecule has 0 aliphatic heterocycles. The first kappa shape index (κ1) is 13.8. The second-order valence-electron chi connectivity index (χ2n) is 5.32. The molecular weight excluding hydrogens is 284 g/mol. The van der Waals surface area contributed by atoms with Crippen molar-refractivity contribution in [3.8, 4) is 0 Å². The number of aliphatic hydroxyl groups is 1. The summed E-state index contributed by atoms with van der Waals surface area (Å²) in [6.45, 7) is 4.09. The average molecular weight is 302 g/mol. The van der Waals surface area contributed by atoms with Crippen LogP contribution in [-0.2, 0) is 18.4 Å². The van der Waals surface area contributed by atoms with Crippen molar-refractivity contribution in [2.75, 3.05) is 0 Å². The number of aryl methyl sites for hydroxylation is 1. The quantitative estimate of drug-likeness (QED) is 0.721. The first-order chi connectivity index (χ1) is 9.58. The van der Waals surface area contributed by atoms with E-state index in [4.69, 9.17) is 0 Å². The summed E-state index contributed by atoms with van der Waals surface area (Å²) < 4.78 is 1.24. The van der Waals surface area contributed by atoms with E-state index in [1.54, 1.807) is 22.7 Å². The van der Waals surface area contributed by atoms with Crippen molar-refractivity contribution in [2.24, 2.45) is 0 Å². The Morgan fingerprint density at radius 3 is 2.50 bits per heavy atom. The minimum Gasteiger partial charge on any atom is -0.384 e. The lowest BCUT2D eigenvalue weighted by Crippen LogP contribution is -2.22. The lowest BCUT2D eigenvalue weighted by Gasteiger charge is -2.20. The molecule has 20 heavy (non-hydrogen) atoms. The van der Waals surface area contributed by atoms with Gasteiger partial charge in [0.25, 0.3) is 0 Å². The second kappa shape index (κ2) is 5.32. The number of hydrogen-bond acceptors (Lipinski definition) is 3. The van der Waals surface area contributed by atoms with Gasteiger partial charge in [-0.15, -0.1) is 22.7 Å². The highest BCUT2D eigenvalue weighted by atomic mass is 32.1. The minimum absolute atomic E-state index is 0.685. The molecule has 1 nitrogen and oxygen atoms in total. The Balaban J connectivity index is 1.90. The van der Waals surface area contributed by atoms with Crippen molar-refractivity contribution in [1.29, 1.82) is 0 Å². The van der Waals surface area contributed by atoms with Crippen molar-refractivity contribution >= 4 is 32.8 Å². The molecule has 2 aromatic heterocycles. The number of fused-ring (bicyclic) bond motifs is 1. The fourth-order valence-electron chi connectivity index (χ4n) is 2.38. The van der Waals surface area contributed by atoms with Gasteiger partial charge < -0.3 is 5.11 Å². The van der Waals surface area contributed by atoms with Crippen LogP contribution in [0.5, 0.6) is 0 Å². The molecule has 3 heteroatoms. The molecule has 2 heterocycles.